The molecule has 4 amide bonds. The zero-order valence-corrected chi connectivity index (χ0v) is 23.9. The summed E-state index contributed by atoms with van der Waals surface area (Å²) >= 11 is 0. The third kappa shape index (κ3) is 7.06. The van der Waals surface area contributed by atoms with E-state index >= 15 is 0 Å². The van der Waals surface area contributed by atoms with Gasteiger partial charge in [-0.05, 0) is 42.6 Å². The van der Waals surface area contributed by atoms with Crippen molar-refractivity contribution in [3.05, 3.63) is 72.1 Å². The highest BCUT2D eigenvalue weighted by Gasteiger charge is 2.33. The average molecular weight is 602 g/mol. The lowest BCUT2D eigenvalue weighted by Gasteiger charge is -2.25. The number of amides is 4. The summed E-state index contributed by atoms with van der Waals surface area (Å²) < 4.78 is 0. The molecule has 1 fully saturated rings. The number of hydrogen-bond donors (Lipinski definition) is 8. The Morgan fingerprint density at radius 2 is 1.34 bits per heavy atom. The summed E-state index contributed by atoms with van der Waals surface area (Å²) in [6.45, 7) is 0.654. The van der Waals surface area contributed by atoms with Gasteiger partial charge in [0.2, 0.25) is 23.6 Å². The Morgan fingerprint density at radius 1 is 0.795 bits per heavy atom. The molecule has 5 rings (SSSR count). The highest BCUT2D eigenvalue weighted by molar-refractivity contribution is 5.97. The van der Waals surface area contributed by atoms with Crippen molar-refractivity contribution in [3.8, 4) is 0 Å². The van der Waals surface area contributed by atoms with Crippen molar-refractivity contribution in [1.29, 1.82) is 0 Å². The van der Waals surface area contributed by atoms with E-state index in [-0.39, 0.29) is 12.8 Å². The zero-order valence-electron chi connectivity index (χ0n) is 23.9. The number of carboxylic acid groups (broad SMARTS) is 1. The van der Waals surface area contributed by atoms with Gasteiger partial charge in [0.15, 0.2) is 0 Å². The first kappa shape index (κ1) is 30.3. The number of nitrogens with one attached hydrogen (secondary N) is 6. The first-order valence-corrected chi connectivity index (χ1v) is 14.4. The number of carbonyl (C=O) groups excluding carboxylic acids is 4. The quantitative estimate of drug-likeness (QED) is 0.109. The number of nitrogens with two attached hydrogens (primary N) is 1. The highest BCUT2D eigenvalue weighted by atomic mass is 16.4. The van der Waals surface area contributed by atoms with Crippen LogP contribution in [-0.2, 0) is 36.8 Å². The Labute approximate surface area is 252 Å². The van der Waals surface area contributed by atoms with Crippen molar-refractivity contribution in [2.45, 2.75) is 56.3 Å². The Balaban J connectivity index is 1.38. The van der Waals surface area contributed by atoms with Gasteiger partial charge in [0.05, 0.1) is 12.5 Å². The number of rotatable bonds is 13. The molecular weight excluding hydrogens is 566 g/mol. The van der Waals surface area contributed by atoms with E-state index in [1.807, 2.05) is 48.5 Å². The van der Waals surface area contributed by atoms with Gasteiger partial charge < -0.3 is 42.1 Å². The lowest BCUT2D eigenvalue weighted by atomic mass is 10.0. The molecule has 13 nitrogen and oxygen atoms in total. The number of carbonyl (C=O) groups is 5. The summed E-state index contributed by atoms with van der Waals surface area (Å²) in [5.41, 5.74) is 8.45. The van der Waals surface area contributed by atoms with Crippen LogP contribution in [0.4, 0.5) is 0 Å². The zero-order chi connectivity index (χ0) is 31.2. The molecule has 2 aromatic carbocycles. The maximum atomic E-state index is 13.7. The van der Waals surface area contributed by atoms with E-state index in [2.05, 4.69) is 31.2 Å². The van der Waals surface area contributed by atoms with Crippen LogP contribution in [0.1, 0.15) is 30.4 Å². The minimum atomic E-state index is -1.33. The second-order valence-electron chi connectivity index (χ2n) is 11.0. The van der Waals surface area contributed by atoms with Crippen LogP contribution in [-0.4, -0.2) is 75.4 Å². The maximum Gasteiger partial charge on any atom is 0.326 e. The van der Waals surface area contributed by atoms with Crippen molar-refractivity contribution in [2.75, 3.05) is 6.54 Å². The fourth-order valence-corrected chi connectivity index (χ4v) is 5.59. The van der Waals surface area contributed by atoms with Crippen molar-refractivity contribution in [1.82, 2.24) is 31.2 Å². The lowest BCUT2D eigenvalue weighted by Crippen LogP contribution is -2.58. The number of para-hydroxylation sites is 2. The molecule has 13 heteroatoms. The smallest absolute Gasteiger partial charge is 0.326 e. The number of aromatic amines is 2. The number of aliphatic carboxylic acids is 1. The third-order valence-corrected chi connectivity index (χ3v) is 7.86. The predicted octanol–water partition coefficient (Wildman–Crippen LogP) is 0.601. The molecule has 1 aliphatic rings. The second kappa shape index (κ2) is 13.4. The van der Waals surface area contributed by atoms with Crippen LogP contribution in [0.2, 0.25) is 0 Å². The summed E-state index contributed by atoms with van der Waals surface area (Å²) in [5, 5.41) is 22.5. The Hall–Kier alpha value is -5.17. The van der Waals surface area contributed by atoms with Gasteiger partial charge in [-0.1, -0.05) is 36.4 Å². The number of hydrogen-bond acceptors (Lipinski definition) is 6. The molecule has 1 aliphatic heterocycles. The summed E-state index contributed by atoms with van der Waals surface area (Å²) in [6, 6.07) is 10.4. The Morgan fingerprint density at radius 3 is 1.89 bits per heavy atom. The standard InChI is InChI=1S/C31H35N7O6/c32-27(39)14-25(37-28(40)23-10-5-11-33-23)30(42)36-24(12-17-15-34-21-8-3-1-6-19(17)21)29(41)38-26(31(43)44)13-18-16-35-22-9-4-2-7-20(18)22/h1-4,6-9,15-16,23-26,33-35H,5,10-14H2,(H2,32,39)(H,36,42)(H,37,40)(H,38,41)(H,43,44). The van der Waals surface area contributed by atoms with Crippen molar-refractivity contribution < 1.29 is 29.1 Å². The third-order valence-electron chi connectivity index (χ3n) is 7.86. The van der Waals surface area contributed by atoms with Crippen LogP contribution in [0.25, 0.3) is 21.8 Å². The molecule has 0 radical (unpaired) electrons. The van der Waals surface area contributed by atoms with E-state index in [1.165, 1.54) is 0 Å². The van der Waals surface area contributed by atoms with Gasteiger partial charge in [0, 0.05) is 47.0 Å². The summed E-state index contributed by atoms with van der Waals surface area (Å²) in [5.74, 6) is -4.04. The normalized spacial score (nSPS) is 16.7. The predicted molar refractivity (Wildman–Crippen MR) is 162 cm³/mol. The first-order chi connectivity index (χ1) is 21.2. The van der Waals surface area contributed by atoms with Gasteiger partial charge in [-0.2, -0.15) is 0 Å². The van der Waals surface area contributed by atoms with Crippen LogP contribution in [0.15, 0.2) is 60.9 Å². The van der Waals surface area contributed by atoms with E-state index in [0.717, 1.165) is 28.2 Å². The molecule has 0 spiro atoms. The van der Waals surface area contributed by atoms with Crippen molar-refractivity contribution in [3.63, 3.8) is 0 Å². The van der Waals surface area contributed by atoms with E-state index in [9.17, 15) is 29.1 Å². The molecule has 4 unspecified atom stereocenters. The van der Waals surface area contributed by atoms with Gasteiger partial charge in [0.1, 0.15) is 18.1 Å². The van der Waals surface area contributed by atoms with Crippen LogP contribution in [0, 0.1) is 0 Å². The van der Waals surface area contributed by atoms with E-state index in [4.69, 9.17) is 5.73 Å². The minimum absolute atomic E-state index is 0.00241. The molecule has 9 N–H and O–H groups in total. The van der Waals surface area contributed by atoms with Crippen LogP contribution < -0.4 is 27.0 Å². The fourth-order valence-electron chi connectivity index (χ4n) is 5.59. The summed E-state index contributed by atoms with van der Waals surface area (Å²) in [4.78, 5) is 70.3. The molecule has 44 heavy (non-hydrogen) atoms. The van der Waals surface area contributed by atoms with Crippen LogP contribution in [0.5, 0.6) is 0 Å². The second-order valence-corrected chi connectivity index (χ2v) is 11.0. The lowest BCUT2D eigenvalue weighted by molar-refractivity contribution is -0.142. The number of fused-ring (bicyclic) bond motifs is 2. The summed E-state index contributed by atoms with van der Waals surface area (Å²) in [6.07, 6.45) is 4.30. The largest absolute Gasteiger partial charge is 0.480 e. The minimum Gasteiger partial charge on any atom is -0.480 e. The van der Waals surface area contributed by atoms with Gasteiger partial charge in [0.25, 0.3) is 0 Å². The molecule has 2 aromatic heterocycles. The number of carboxylic acids is 1. The average Bonchev–Trinajstić information content (AvgIpc) is 3.77. The van der Waals surface area contributed by atoms with Crippen LogP contribution in [0.3, 0.4) is 0 Å². The summed E-state index contributed by atoms with van der Waals surface area (Å²) in [7, 11) is 0. The first-order valence-electron chi connectivity index (χ1n) is 14.4. The molecule has 0 bridgehead atoms. The number of aromatic nitrogens is 2. The number of primary amides is 1. The molecule has 0 aliphatic carbocycles. The van der Waals surface area contributed by atoms with E-state index in [1.54, 1.807) is 12.4 Å². The molecule has 4 atom stereocenters. The van der Waals surface area contributed by atoms with E-state index in [0.29, 0.717) is 24.1 Å². The molecule has 3 heterocycles. The van der Waals surface area contributed by atoms with Gasteiger partial charge >= 0.3 is 5.97 Å². The van der Waals surface area contributed by atoms with Crippen molar-refractivity contribution in [2.24, 2.45) is 5.73 Å². The molecular formula is C31H35N7O6. The molecule has 0 saturated carbocycles. The topological polar surface area (TPSA) is 211 Å². The van der Waals surface area contributed by atoms with Gasteiger partial charge in [-0.15, -0.1) is 0 Å². The van der Waals surface area contributed by atoms with Gasteiger partial charge in [-0.3, -0.25) is 19.2 Å². The maximum absolute atomic E-state index is 13.7. The number of H-pyrrole nitrogens is 2. The Bertz CT molecular complexity index is 1690. The molecule has 230 valence electrons. The van der Waals surface area contributed by atoms with Crippen LogP contribution >= 0.6 is 0 Å². The molecule has 4 aromatic rings. The monoisotopic (exact) mass is 601 g/mol. The SMILES string of the molecule is NC(=O)CC(NC(=O)C1CCCN1)C(=O)NC(Cc1c[nH]c2ccccc12)C(=O)NC(Cc1c[nH]c2ccccc12)C(=O)O. The van der Waals surface area contributed by atoms with E-state index < -0.39 is 60.2 Å². The van der Waals surface area contributed by atoms with Gasteiger partial charge in [-0.25, -0.2) is 4.79 Å². The van der Waals surface area contributed by atoms with Crippen molar-refractivity contribution >= 4 is 51.4 Å². The highest BCUT2D eigenvalue weighted by Crippen LogP contribution is 2.21. The fraction of sp³-hybridized carbons (Fsp3) is 0.323. The number of benzene rings is 2. The molecule has 1 saturated heterocycles. The Kier molecular flexibility index (Phi) is 9.24.